The van der Waals surface area contributed by atoms with Gasteiger partial charge in [-0.25, -0.2) is 4.98 Å². The summed E-state index contributed by atoms with van der Waals surface area (Å²) in [6.45, 7) is 0. The van der Waals surface area contributed by atoms with Gasteiger partial charge in [-0.15, -0.1) is 0 Å². The van der Waals surface area contributed by atoms with E-state index in [1.54, 1.807) is 11.6 Å². The van der Waals surface area contributed by atoms with Gasteiger partial charge >= 0.3 is 0 Å². The maximum atomic E-state index is 9.94. The van der Waals surface area contributed by atoms with E-state index < -0.39 is 4.92 Å². The predicted octanol–water partition coefficient (Wildman–Crippen LogP) is 1.32. The fourth-order valence-electron chi connectivity index (χ4n) is 0.684. The molecule has 0 bridgehead atoms. The van der Waals surface area contributed by atoms with E-state index in [1.807, 2.05) is 0 Å². The lowest BCUT2D eigenvalue weighted by Gasteiger charge is -1.93. The highest BCUT2D eigenvalue weighted by Crippen LogP contribution is 2.09. The van der Waals surface area contributed by atoms with Gasteiger partial charge in [0.2, 0.25) is 6.20 Å². The van der Waals surface area contributed by atoms with E-state index in [0.717, 1.165) is 6.20 Å². The Morgan fingerprint density at radius 3 is 2.92 bits per heavy atom. The fraction of sp³-hybridized carbons (Fsp3) is 0.167. The zero-order valence-corrected chi connectivity index (χ0v) is 7.02. The molecule has 0 aromatic carbocycles. The summed E-state index contributed by atoms with van der Waals surface area (Å²) in [7, 11) is 1.68. The van der Waals surface area contributed by atoms with Gasteiger partial charge in [0.25, 0.3) is 0 Å². The van der Waals surface area contributed by atoms with Crippen molar-refractivity contribution in [2.75, 3.05) is 0 Å². The molecule has 0 saturated carbocycles. The molecule has 0 aliphatic heterocycles. The smallest absolute Gasteiger partial charge is 0.238 e. The number of nitrogens with zero attached hydrogens (tertiary/aromatic N) is 3. The lowest BCUT2D eigenvalue weighted by molar-refractivity contribution is -0.401. The van der Waals surface area contributed by atoms with Crippen LogP contribution in [0.3, 0.4) is 0 Å². The molecular formula is C6H6ClN3O2. The number of imidazole rings is 1. The summed E-state index contributed by atoms with van der Waals surface area (Å²) in [5.74, 6) is 0.455. The number of hydrogen-bond donors (Lipinski definition) is 0. The van der Waals surface area contributed by atoms with E-state index in [2.05, 4.69) is 4.98 Å². The van der Waals surface area contributed by atoms with E-state index in [1.165, 1.54) is 12.3 Å². The summed E-state index contributed by atoms with van der Waals surface area (Å²) >= 11 is 5.64. The minimum atomic E-state index is -0.553. The largest absolute Gasteiger partial charge is 0.319 e. The molecule has 0 atom stereocenters. The maximum absolute atomic E-state index is 9.94. The second kappa shape index (κ2) is 3.36. The second-order valence-electron chi connectivity index (χ2n) is 2.10. The normalized spacial score (nSPS) is 10.8. The topological polar surface area (TPSA) is 61.0 Å². The number of hydrogen-bond acceptors (Lipinski definition) is 3. The highest BCUT2D eigenvalue weighted by atomic mass is 35.5. The first-order valence-electron chi connectivity index (χ1n) is 3.10. The van der Waals surface area contributed by atoms with Crippen molar-refractivity contribution >= 4 is 17.7 Å². The van der Waals surface area contributed by atoms with Gasteiger partial charge < -0.3 is 4.57 Å². The molecule has 0 spiro atoms. The van der Waals surface area contributed by atoms with Crippen molar-refractivity contribution in [1.82, 2.24) is 9.55 Å². The van der Waals surface area contributed by atoms with Gasteiger partial charge in [0.15, 0.2) is 0 Å². The van der Waals surface area contributed by atoms with Crippen LogP contribution in [0.25, 0.3) is 6.08 Å². The monoisotopic (exact) mass is 187 g/mol. The van der Waals surface area contributed by atoms with Gasteiger partial charge in [0.05, 0.1) is 17.2 Å². The maximum Gasteiger partial charge on any atom is 0.238 e. The molecule has 12 heavy (non-hydrogen) atoms. The third kappa shape index (κ3) is 1.82. The molecule has 1 aromatic heterocycles. The van der Waals surface area contributed by atoms with Crippen LogP contribution in [0.4, 0.5) is 0 Å². The second-order valence-corrected chi connectivity index (χ2v) is 2.49. The minimum Gasteiger partial charge on any atom is -0.319 e. The summed E-state index contributed by atoms with van der Waals surface area (Å²) in [6, 6.07) is 0. The van der Waals surface area contributed by atoms with Crippen LogP contribution < -0.4 is 0 Å². The zero-order valence-electron chi connectivity index (χ0n) is 6.27. The fourth-order valence-corrected chi connectivity index (χ4v) is 0.820. The van der Waals surface area contributed by atoms with Gasteiger partial charge in [0.1, 0.15) is 11.0 Å². The Labute approximate surface area is 73.4 Å². The molecular weight excluding hydrogens is 182 g/mol. The lowest BCUT2D eigenvalue weighted by atomic mass is 10.6. The van der Waals surface area contributed by atoms with E-state index in [0.29, 0.717) is 11.0 Å². The molecule has 1 aromatic rings. The standard InChI is InChI=1S/C6H6ClN3O2/c1-9-5(7)4-8-6(9)2-3-10(11)12/h2-4H,1H3/b3-2+. The van der Waals surface area contributed by atoms with E-state index in [9.17, 15) is 10.1 Å². The van der Waals surface area contributed by atoms with Gasteiger partial charge in [-0.1, -0.05) is 11.6 Å². The predicted molar refractivity (Wildman–Crippen MR) is 44.2 cm³/mol. The molecule has 0 amide bonds. The third-order valence-electron chi connectivity index (χ3n) is 1.31. The van der Waals surface area contributed by atoms with Crippen LogP contribution in [-0.2, 0) is 7.05 Å². The SMILES string of the molecule is Cn1c(Cl)cnc1/C=C/[N+](=O)[O-]. The highest BCUT2D eigenvalue weighted by molar-refractivity contribution is 6.29. The van der Waals surface area contributed by atoms with Crippen molar-refractivity contribution in [2.24, 2.45) is 7.05 Å². The van der Waals surface area contributed by atoms with Crippen molar-refractivity contribution in [3.8, 4) is 0 Å². The van der Waals surface area contributed by atoms with Crippen molar-refractivity contribution in [2.45, 2.75) is 0 Å². The van der Waals surface area contributed by atoms with E-state index in [4.69, 9.17) is 11.6 Å². The quantitative estimate of drug-likeness (QED) is 0.518. The minimum absolute atomic E-state index is 0.443. The molecule has 1 heterocycles. The van der Waals surface area contributed by atoms with Gasteiger partial charge in [-0.05, 0) is 0 Å². The van der Waals surface area contributed by atoms with E-state index >= 15 is 0 Å². The average Bonchev–Trinajstić information content (AvgIpc) is 2.30. The zero-order chi connectivity index (χ0) is 9.14. The first-order valence-corrected chi connectivity index (χ1v) is 3.48. The van der Waals surface area contributed by atoms with Crippen LogP contribution >= 0.6 is 11.6 Å². The lowest BCUT2D eigenvalue weighted by Crippen LogP contribution is -1.92. The summed E-state index contributed by atoms with van der Waals surface area (Å²) < 4.78 is 1.54. The van der Waals surface area contributed by atoms with Crippen molar-refractivity contribution in [1.29, 1.82) is 0 Å². The molecule has 0 unspecified atom stereocenters. The number of aromatic nitrogens is 2. The Morgan fingerprint density at radius 1 is 1.83 bits per heavy atom. The van der Waals surface area contributed by atoms with Crippen LogP contribution in [0.2, 0.25) is 5.15 Å². The Bertz CT molecular complexity index is 332. The first kappa shape index (κ1) is 8.73. The molecule has 6 heteroatoms. The molecule has 0 N–H and O–H groups in total. The van der Waals surface area contributed by atoms with Crippen LogP contribution in [0.15, 0.2) is 12.4 Å². The molecule has 0 aliphatic rings. The third-order valence-corrected chi connectivity index (χ3v) is 1.66. The molecule has 0 radical (unpaired) electrons. The average molecular weight is 188 g/mol. The summed E-state index contributed by atoms with van der Waals surface area (Å²) in [4.78, 5) is 13.2. The number of rotatable bonds is 2. The van der Waals surface area contributed by atoms with Crippen LogP contribution in [0.1, 0.15) is 5.82 Å². The van der Waals surface area contributed by atoms with Gasteiger partial charge in [-0.3, -0.25) is 10.1 Å². The summed E-state index contributed by atoms with van der Waals surface area (Å²) in [6.07, 6.45) is 3.53. The van der Waals surface area contributed by atoms with Crippen molar-refractivity contribution < 1.29 is 4.92 Å². The van der Waals surface area contributed by atoms with Crippen molar-refractivity contribution in [3.63, 3.8) is 0 Å². The van der Waals surface area contributed by atoms with Crippen molar-refractivity contribution in [3.05, 3.63) is 33.5 Å². The first-order chi connectivity index (χ1) is 5.61. The molecule has 0 fully saturated rings. The van der Waals surface area contributed by atoms with Gasteiger partial charge in [0, 0.05) is 7.05 Å². The highest BCUT2D eigenvalue weighted by Gasteiger charge is 2.00. The van der Waals surface area contributed by atoms with Gasteiger partial charge in [-0.2, -0.15) is 0 Å². The number of nitro groups is 1. The molecule has 0 aliphatic carbocycles. The van der Waals surface area contributed by atoms with E-state index in [-0.39, 0.29) is 0 Å². The Hall–Kier alpha value is -1.36. The molecule has 1 rings (SSSR count). The van der Waals surface area contributed by atoms with Crippen LogP contribution in [0.5, 0.6) is 0 Å². The molecule has 64 valence electrons. The Kier molecular flexibility index (Phi) is 2.44. The summed E-state index contributed by atoms with van der Waals surface area (Å²) in [5.41, 5.74) is 0. The molecule has 5 nitrogen and oxygen atoms in total. The molecule has 0 saturated heterocycles. The van der Waals surface area contributed by atoms with Crippen LogP contribution in [0, 0.1) is 10.1 Å². The number of halogens is 1. The Balaban J connectivity index is 2.90. The Morgan fingerprint density at radius 2 is 2.50 bits per heavy atom. The summed E-state index contributed by atoms with van der Waals surface area (Å²) in [5, 5.41) is 10.4. The van der Waals surface area contributed by atoms with Crippen LogP contribution in [-0.4, -0.2) is 14.5 Å².